The van der Waals surface area contributed by atoms with E-state index in [0.29, 0.717) is 12.2 Å². The Bertz CT molecular complexity index is 1190. The molecule has 3 aromatic carbocycles. The van der Waals surface area contributed by atoms with E-state index < -0.39 is 6.04 Å². The molecule has 1 aliphatic rings. The van der Waals surface area contributed by atoms with E-state index in [4.69, 9.17) is 4.74 Å². The van der Waals surface area contributed by atoms with Crippen molar-refractivity contribution < 1.29 is 14.3 Å². The fourth-order valence-corrected chi connectivity index (χ4v) is 4.79. The maximum atomic E-state index is 13.9. The van der Waals surface area contributed by atoms with Crippen molar-refractivity contribution in [3.05, 3.63) is 108 Å². The highest BCUT2D eigenvalue weighted by atomic mass is 16.5. The van der Waals surface area contributed by atoms with Crippen LogP contribution in [0.2, 0.25) is 0 Å². The third kappa shape index (κ3) is 6.42. The van der Waals surface area contributed by atoms with E-state index in [1.54, 1.807) is 12.0 Å². The highest BCUT2D eigenvalue weighted by molar-refractivity contribution is 5.97. The highest BCUT2D eigenvalue weighted by Crippen LogP contribution is 2.29. The second-order valence-corrected chi connectivity index (χ2v) is 9.32. The molecular weight excluding hydrogens is 448 g/mol. The molecule has 5 heteroatoms. The Morgan fingerprint density at radius 2 is 1.69 bits per heavy atom. The predicted octanol–water partition coefficient (Wildman–Crippen LogP) is 5.94. The maximum Gasteiger partial charge on any atom is 0.247 e. The van der Waals surface area contributed by atoms with Gasteiger partial charge in [-0.2, -0.15) is 0 Å². The summed E-state index contributed by atoms with van der Waals surface area (Å²) in [6, 6.07) is 24.5. The number of hydrogen-bond donors (Lipinski definition) is 1. The molecule has 2 atom stereocenters. The van der Waals surface area contributed by atoms with Crippen LogP contribution >= 0.6 is 0 Å². The van der Waals surface area contributed by atoms with Crippen LogP contribution in [0.25, 0.3) is 0 Å². The first-order valence-corrected chi connectivity index (χ1v) is 12.5. The third-order valence-electron chi connectivity index (χ3n) is 6.84. The molecule has 0 aromatic heterocycles. The number of anilines is 1. The van der Waals surface area contributed by atoms with Crippen LogP contribution in [0.5, 0.6) is 5.75 Å². The van der Waals surface area contributed by atoms with Crippen molar-refractivity contribution >= 4 is 17.5 Å². The number of nitrogens with zero attached hydrogens (tertiary/aromatic N) is 1. The average molecular weight is 483 g/mol. The zero-order chi connectivity index (χ0) is 25.3. The van der Waals surface area contributed by atoms with Gasteiger partial charge in [-0.05, 0) is 73.1 Å². The van der Waals surface area contributed by atoms with Gasteiger partial charge in [-0.1, -0.05) is 66.7 Å². The number of allylic oxidation sites excluding steroid dienone is 2. The molecule has 1 N–H and O–H groups in total. The summed E-state index contributed by atoms with van der Waals surface area (Å²) in [5.74, 6) is 0.558. The largest absolute Gasteiger partial charge is 0.497 e. The van der Waals surface area contributed by atoms with Crippen molar-refractivity contribution in [1.29, 1.82) is 0 Å². The van der Waals surface area contributed by atoms with Gasteiger partial charge in [0.05, 0.1) is 13.5 Å². The molecule has 5 nitrogen and oxygen atoms in total. The molecule has 0 fully saturated rings. The molecule has 36 heavy (non-hydrogen) atoms. The van der Waals surface area contributed by atoms with Crippen molar-refractivity contribution in [2.75, 3.05) is 12.4 Å². The van der Waals surface area contributed by atoms with Gasteiger partial charge in [0.2, 0.25) is 11.8 Å². The lowest BCUT2D eigenvalue weighted by Gasteiger charge is -2.37. The van der Waals surface area contributed by atoms with Crippen molar-refractivity contribution in [2.45, 2.75) is 45.2 Å². The van der Waals surface area contributed by atoms with Gasteiger partial charge in [-0.3, -0.25) is 9.59 Å². The van der Waals surface area contributed by atoms with Crippen LogP contribution in [0.15, 0.2) is 91.0 Å². The van der Waals surface area contributed by atoms with Gasteiger partial charge in [0.1, 0.15) is 11.8 Å². The number of benzene rings is 3. The minimum Gasteiger partial charge on any atom is -0.497 e. The lowest BCUT2D eigenvalue weighted by molar-refractivity contribution is -0.141. The number of hydrogen-bond acceptors (Lipinski definition) is 3. The first kappa shape index (κ1) is 25.2. The Balaban J connectivity index is 1.68. The fraction of sp³-hybridized carbons (Fsp3) is 0.290. The molecule has 0 saturated heterocycles. The quantitative estimate of drug-likeness (QED) is 0.384. The number of ether oxygens (including phenoxy) is 1. The summed E-state index contributed by atoms with van der Waals surface area (Å²) in [5.41, 5.74) is 3.78. The van der Waals surface area contributed by atoms with E-state index in [1.165, 1.54) is 0 Å². The molecule has 0 bridgehead atoms. The van der Waals surface area contributed by atoms with Gasteiger partial charge in [0, 0.05) is 12.2 Å². The van der Waals surface area contributed by atoms with Crippen molar-refractivity contribution in [3.63, 3.8) is 0 Å². The first-order valence-electron chi connectivity index (χ1n) is 12.5. The lowest BCUT2D eigenvalue weighted by Crippen LogP contribution is -2.51. The second kappa shape index (κ2) is 12.2. The van der Waals surface area contributed by atoms with Gasteiger partial charge in [0.15, 0.2) is 0 Å². The Morgan fingerprint density at radius 1 is 0.972 bits per heavy atom. The summed E-state index contributed by atoms with van der Waals surface area (Å²) in [6.45, 7) is 2.43. The molecule has 2 unspecified atom stereocenters. The maximum absolute atomic E-state index is 13.9. The van der Waals surface area contributed by atoms with Crippen LogP contribution in [0.3, 0.4) is 0 Å². The van der Waals surface area contributed by atoms with Crippen LogP contribution in [-0.2, 0) is 22.6 Å². The molecule has 0 aliphatic heterocycles. The fourth-order valence-electron chi connectivity index (χ4n) is 4.79. The summed E-state index contributed by atoms with van der Waals surface area (Å²) in [6.07, 6.45) is 7.08. The van der Waals surface area contributed by atoms with Gasteiger partial charge < -0.3 is 15.0 Å². The zero-order valence-electron chi connectivity index (χ0n) is 21.0. The summed E-state index contributed by atoms with van der Waals surface area (Å²) >= 11 is 0. The van der Waals surface area contributed by atoms with Gasteiger partial charge >= 0.3 is 0 Å². The van der Waals surface area contributed by atoms with Gasteiger partial charge in [-0.25, -0.2) is 0 Å². The Morgan fingerprint density at radius 3 is 2.36 bits per heavy atom. The van der Waals surface area contributed by atoms with E-state index in [9.17, 15) is 9.59 Å². The van der Waals surface area contributed by atoms with E-state index in [1.807, 2.05) is 85.8 Å². The molecule has 186 valence electrons. The molecule has 0 heterocycles. The Kier molecular flexibility index (Phi) is 8.56. The average Bonchev–Trinajstić information content (AvgIpc) is 2.91. The minimum atomic E-state index is -0.590. The van der Waals surface area contributed by atoms with Crippen LogP contribution < -0.4 is 10.1 Å². The normalized spacial score (nSPS) is 15.7. The van der Waals surface area contributed by atoms with E-state index in [0.717, 1.165) is 41.7 Å². The lowest BCUT2D eigenvalue weighted by atomic mass is 9.85. The molecule has 3 aromatic rings. The van der Waals surface area contributed by atoms with Crippen LogP contribution in [0, 0.1) is 12.8 Å². The summed E-state index contributed by atoms with van der Waals surface area (Å²) in [5, 5.41) is 3.08. The zero-order valence-corrected chi connectivity index (χ0v) is 21.0. The molecule has 1 aliphatic carbocycles. The highest BCUT2D eigenvalue weighted by Gasteiger charge is 2.36. The van der Waals surface area contributed by atoms with Crippen molar-refractivity contribution in [3.8, 4) is 5.75 Å². The van der Waals surface area contributed by atoms with Crippen LogP contribution in [0.4, 0.5) is 5.69 Å². The first-order chi connectivity index (χ1) is 17.5. The number of nitrogens with one attached hydrogen (secondary N) is 1. The molecule has 0 radical (unpaired) electrons. The summed E-state index contributed by atoms with van der Waals surface area (Å²) in [4.78, 5) is 29.5. The Labute approximate surface area is 213 Å². The molecule has 4 rings (SSSR count). The van der Waals surface area contributed by atoms with E-state index in [-0.39, 0.29) is 24.2 Å². The monoisotopic (exact) mass is 482 g/mol. The number of amides is 2. The predicted molar refractivity (Wildman–Crippen MR) is 144 cm³/mol. The van der Waals surface area contributed by atoms with Gasteiger partial charge in [-0.15, -0.1) is 0 Å². The standard InChI is InChI=1S/C31H34N2O3/c1-23-11-9-10-16-26(23)22-33(29(34)21-24-12-5-3-6-13-24)30(25-14-7-4-8-15-25)31(35)32-27-17-19-28(36-2)20-18-27/h3-7,9-13,16-20,25,30H,8,14-15,21-22H2,1-2H3,(H,32,35). The van der Waals surface area contributed by atoms with Crippen molar-refractivity contribution in [2.24, 2.45) is 5.92 Å². The SMILES string of the molecule is COc1ccc(NC(=O)C(C2CC=CCC2)N(Cc2ccccc2C)C(=O)Cc2ccccc2)cc1. The van der Waals surface area contributed by atoms with Crippen LogP contribution in [-0.4, -0.2) is 29.9 Å². The number of carbonyl (C=O) groups is 2. The minimum absolute atomic E-state index is 0.0389. The van der Waals surface area contributed by atoms with Gasteiger partial charge in [0.25, 0.3) is 0 Å². The molecule has 0 spiro atoms. The molecule has 0 saturated carbocycles. The smallest absolute Gasteiger partial charge is 0.247 e. The number of methoxy groups -OCH3 is 1. The summed E-state index contributed by atoms with van der Waals surface area (Å²) in [7, 11) is 1.61. The number of carbonyl (C=O) groups excluding carboxylic acids is 2. The molecular formula is C31H34N2O3. The van der Waals surface area contributed by atoms with Crippen molar-refractivity contribution in [1.82, 2.24) is 4.90 Å². The number of aryl methyl sites for hydroxylation is 1. The topological polar surface area (TPSA) is 58.6 Å². The molecule has 2 amide bonds. The summed E-state index contributed by atoms with van der Waals surface area (Å²) < 4.78 is 5.25. The van der Waals surface area contributed by atoms with E-state index in [2.05, 4.69) is 17.5 Å². The van der Waals surface area contributed by atoms with Crippen LogP contribution in [0.1, 0.15) is 36.0 Å². The Hall–Kier alpha value is -3.86. The number of rotatable bonds is 9. The second-order valence-electron chi connectivity index (χ2n) is 9.32. The van der Waals surface area contributed by atoms with E-state index >= 15 is 0 Å². The third-order valence-corrected chi connectivity index (χ3v) is 6.84.